The van der Waals surface area contributed by atoms with E-state index in [1.165, 1.54) is 43.1 Å². The molecule has 0 amide bonds. The minimum Gasteiger partial charge on any atom is -0.0616 e. The predicted molar refractivity (Wildman–Crippen MR) is 95.3 cm³/mol. The van der Waals surface area contributed by atoms with Gasteiger partial charge in [0.1, 0.15) is 0 Å². The topological polar surface area (TPSA) is 0 Å². The average molecular weight is 277 g/mol. The molecule has 5 rings (SSSR count). The first kappa shape index (κ1) is 11.8. The van der Waals surface area contributed by atoms with Gasteiger partial charge >= 0.3 is 0 Å². The Morgan fingerprint density at radius 1 is 0.500 bits per heavy atom. The summed E-state index contributed by atoms with van der Waals surface area (Å²) in [7, 11) is 0. The van der Waals surface area contributed by atoms with Crippen LogP contribution in [0.15, 0.2) is 78.9 Å². The molecule has 22 heavy (non-hydrogen) atoms. The van der Waals surface area contributed by atoms with E-state index in [4.69, 9.17) is 0 Å². The molecule has 0 aromatic heterocycles. The number of fused-ring (bicyclic) bond motifs is 8. The van der Waals surface area contributed by atoms with Crippen molar-refractivity contribution in [2.75, 3.05) is 0 Å². The smallest absolute Gasteiger partial charge is 0.00204 e. The van der Waals surface area contributed by atoms with Crippen LogP contribution in [-0.2, 0) is 0 Å². The molecule has 101 valence electrons. The van der Waals surface area contributed by atoms with Crippen molar-refractivity contribution in [1.82, 2.24) is 0 Å². The highest BCUT2D eigenvalue weighted by molar-refractivity contribution is 6.31. The van der Waals surface area contributed by atoms with Gasteiger partial charge in [-0.15, -0.1) is 0 Å². The normalized spacial score (nSPS) is 11.6. The summed E-state index contributed by atoms with van der Waals surface area (Å²) >= 11 is 0. The molecule has 5 aromatic carbocycles. The third-order valence-corrected chi connectivity index (χ3v) is 4.57. The van der Waals surface area contributed by atoms with Gasteiger partial charge in [0, 0.05) is 0 Å². The second-order valence-electron chi connectivity index (χ2n) is 5.73. The van der Waals surface area contributed by atoms with Crippen molar-refractivity contribution in [3.8, 4) is 0 Å². The molecule has 0 saturated carbocycles. The molecular formula is C22H13. The van der Waals surface area contributed by atoms with Crippen molar-refractivity contribution in [2.24, 2.45) is 0 Å². The Morgan fingerprint density at radius 3 is 2.09 bits per heavy atom. The lowest BCUT2D eigenvalue weighted by atomic mass is 9.91. The minimum absolute atomic E-state index is 1.28. The fraction of sp³-hybridized carbons (Fsp3) is 0. The number of benzene rings is 5. The molecule has 0 aliphatic rings. The second-order valence-corrected chi connectivity index (χ2v) is 5.73. The summed E-state index contributed by atoms with van der Waals surface area (Å²) in [6.45, 7) is 0. The molecule has 0 spiro atoms. The molecule has 1 radical (unpaired) electrons. The molecule has 5 aromatic rings. The predicted octanol–water partition coefficient (Wildman–Crippen LogP) is 6.10. The van der Waals surface area contributed by atoms with E-state index in [-0.39, 0.29) is 0 Å². The molecule has 0 aliphatic carbocycles. The van der Waals surface area contributed by atoms with E-state index >= 15 is 0 Å². The number of rotatable bonds is 0. The zero-order chi connectivity index (χ0) is 14.5. The van der Waals surface area contributed by atoms with Crippen molar-refractivity contribution in [1.29, 1.82) is 0 Å². The molecule has 0 saturated heterocycles. The third kappa shape index (κ3) is 1.47. The lowest BCUT2D eigenvalue weighted by Gasteiger charge is -2.12. The van der Waals surface area contributed by atoms with Crippen LogP contribution in [0, 0.1) is 6.07 Å². The lowest BCUT2D eigenvalue weighted by molar-refractivity contribution is 1.77. The van der Waals surface area contributed by atoms with Crippen LogP contribution in [0.25, 0.3) is 43.1 Å². The van der Waals surface area contributed by atoms with Gasteiger partial charge in [0.05, 0.1) is 0 Å². The van der Waals surface area contributed by atoms with Crippen LogP contribution >= 0.6 is 0 Å². The van der Waals surface area contributed by atoms with E-state index in [0.29, 0.717) is 0 Å². The van der Waals surface area contributed by atoms with Crippen LogP contribution < -0.4 is 0 Å². The molecule has 0 heteroatoms. The van der Waals surface area contributed by atoms with Gasteiger partial charge in [0.15, 0.2) is 0 Å². The van der Waals surface area contributed by atoms with Crippen LogP contribution in [0.5, 0.6) is 0 Å². The van der Waals surface area contributed by atoms with Gasteiger partial charge < -0.3 is 0 Å². The monoisotopic (exact) mass is 277 g/mol. The number of hydrogen-bond donors (Lipinski definition) is 0. The van der Waals surface area contributed by atoms with Gasteiger partial charge in [-0.3, -0.25) is 0 Å². The Bertz CT molecular complexity index is 1120. The quantitative estimate of drug-likeness (QED) is 0.300. The van der Waals surface area contributed by atoms with Crippen molar-refractivity contribution in [3.05, 3.63) is 84.9 Å². The molecule has 0 heterocycles. The zero-order valence-electron chi connectivity index (χ0n) is 12.0. The Kier molecular flexibility index (Phi) is 2.31. The van der Waals surface area contributed by atoms with Gasteiger partial charge in [0.25, 0.3) is 0 Å². The van der Waals surface area contributed by atoms with Gasteiger partial charge in [-0.25, -0.2) is 0 Å². The van der Waals surface area contributed by atoms with E-state index in [0.717, 1.165) is 0 Å². The highest BCUT2D eigenvalue weighted by Gasteiger charge is 2.10. The molecule has 0 aliphatic heterocycles. The maximum absolute atomic E-state index is 3.23. The Balaban J connectivity index is 2.24. The van der Waals surface area contributed by atoms with E-state index in [9.17, 15) is 0 Å². The van der Waals surface area contributed by atoms with Crippen LogP contribution in [-0.4, -0.2) is 0 Å². The molecule has 0 N–H and O–H groups in total. The van der Waals surface area contributed by atoms with Crippen molar-refractivity contribution >= 4 is 43.1 Å². The van der Waals surface area contributed by atoms with Crippen LogP contribution in [0.2, 0.25) is 0 Å². The van der Waals surface area contributed by atoms with Crippen molar-refractivity contribution in [2.45, 2.75) is 0 Å². The molecule has 0 fully saturated rings. The fourth-order valence-corrected chi connectivity index (χ4v) is 3.61. The Hall–Kier alpha value is -2.86. The SMILES string of the molecule is [c]1ccc2c(c1)c1ccccc1c1c3ccccc3ccc21. The summed E-state index contributed by atoms with van der Waals surface area (Å²) in [5.74, 6) is 0. The van der Waals surface area contributed by atoms with Crippen LogP contribution in [0.4, 0.5) is 0 Å². The Morgan fingerprint density at radius 2 is 1.18 bits per heavy atom. The van der Waals surface area contributed by atoms with Gasteiger partial charge in [-0.1, -0.05) is 72.8 Å². The standard InChI is InChI=1S/C22H13/c1-2-8-16-15(7-1)13-14-21-19-11-4-3-9-17(19)18-10-5-6-12-20(18)22(16)21/h1-2,4-14H. The molecular weight excluding hydrogens is 264 g/mol. The lowest BCUT2D eigenvalue weighted by Crippen LogP contribution is -1.84. The summed E-state index contributed by atoms with van der Waals surface area (Å²) in [6, 6.07) is 31.3. The van der Waals surface area contributed by atoms with Gasteiger partial charge in [-0.05, 0) is 55.2 Å². The second kappa shape index (κ2) is 4.32. The fourth-order valence-electron chi connectivity index (χ4n) is 3.61. The van der Waals surface area contributed by atoms with E-state index < -0.39 is 0 Å². The maximum Gasteiger partial charge on any atom is -0.00204 e. The first-order valence-corrected chi connectivity index (χ1v) is 7.55. The molecule has 0 nitrogen and oxygen atoms in total. The highest BCUT2D eigenvalue weighted by Crippen LogP contribution is 2.38. The molecule has 0 unspecified atom stereocenters. The van der Waals surface area contributed by atoms with Crippen molar-refractivity contribution in [3.63, 3.8) is 0 Å². The zero-order valence-corrected chi connectivity index (χ0v) is 12.0. The summed E-state index contributed by atoms with van der Waals surface area (Å²) in [4.78, 5) is 0. The third-order valence-electron chi connectivity index (χ3n) is 4.57. The van der Waals surface area contributed by atoms with Crippen LogP contribution in [0.1, 0.15) is 0 Å². The first-order valence-electron chi connectivity index (χ1n) is 7.55. The van der Waals surface area contributed by atoms with Gasteiger partial charge in [0.2, 0.25) is 0 Å². The summed E-state index contributed by atoms with van der Waals surface area (Å²) in [6.07, 6.45) is 0. The van der Waals surface area contributed by atoms with E-state index in [1.54, 1.807) is 0 Å². The minimum atomic E-state index is 1.28. The van der Waals surface area contributed by atoms with Crippen LogP contribution in [0.3, 0.4) is 0 Å². The number of hydrogen-bond acceptors (Lipinski definition) is 0. The summed E-state index contributed by atoms with van der Waals surface area (Å²) < 4.78 is 0. The average Bonchev–Trinajstić information content (AvgIpc) is 2.61. The maximum atomic E-state index is 3.23. The van der Waals surface area contributed by atoms with E-state index in [2.05, 4.69) is 78.9 Å². The molecule has 0 bridgehead atoms. The van der Waals surface area contributed by atoms with Gasteiger partial charge in [-0.2, -0.15) is 0 Å². The first-order chi connectivity index (χ1) is 10.9. The largest absolute Gasteiger partial charge is 0.0616 e. The van der Waals surface area contributed by atoms with Crippen molar-refractivity contribution < 1.29 is 0 Å². The summed E-state index contributed by atoms with van der Waals surface area (Å²) in [5.41, 5.74) is 0. The highest BCUT2D eigenvalue weighted by atomic mass is 14.1. The Labute approximate surface area is 128 Å². The van der Waals surface area contributed by atoms with E-state index in [1.807, 2.05) is 6.07 Å². The molecule has 0 atom stereocenters. The summed E-state index contributed by atoms with van der Waals surface area (Å²) in [5, 5.41) is 10.5.